The topological polar surface area (TPSA) is 32.3 Å². The Morgan fingerprint density at radius 2 is 1.70 bits per heavy atom. The fourth-order valence-corrected chi connectivity index (χ4v) is 4.72. The van der Waals surface area contributed by atoms with E-state index in [0.717, 1.165) is 36.6 Å². The monoisotopic (exact) mass is 332 g/mol. The van der Waals surface area contributed by atoms with Crippen molar-refractivity contribution in [3.63, 3.8) is 0 Å². The number of benzene rings is 1. The Labute approximate surface area is 144 Å². The number of nitrogens with one attached hydrogen (secondary N) is 1. The van der Waals surface area contributed by atoms with Crippen LogP contribution in [0.5, 0.6) is 0 Å². The average molecular weight is 333 g/mol. The summed E-state index contributed by atoms with van der Waals surface area (Å²) in [6.07, 6.45) is 6.81. The summed E-state index contributed by atoms with van der Waals surface area (Å²) >= 11 is 1.96. The molecule has 2 heterocycles. The molecule has 4 heteroatoms. The van der Waals surface area contributed by atoms with Gasteiger partial charge < -0.3 is 10.2 Å². The smallest absolute Gasteiger partial charge is 0.318 e. The van der Waals surface area contributed by atoms with Crippen LogP contribution in [-0.2, 0) is 5.41 Å². The number of thioether (sulfide) groups is 1. The second-order valence-corrected chi connectivity index (χ2v) is 9.02. The highest BCUT2D eigenvalue weighted by molar-refractivity contribution is 7.99. The van der Waals surface area contributed by atoms with Gasteiger partial charge in [0.05, 0.1) is 0 Å². The lowest BCUT2D eigenvalue weighted by Gasteiger charge is -2.38. The van der Waals surface area contributed by atoms with Gasteiger partial charge in [-0.25, -0.2) is 4.79 Å². The number of hydrogen-bond acceptors (Lipinski definition) is 2. The van der Waals surface area contributed by atoms with Crippen molar-refractivity contribution in [1.29, 1.82) is 0 Å². The van der Waals surface area contributed by atoms with Gasteiger partial charge in [-0.3, -0.25) is 0 Å². The number of anilines is 1. The summed E-state index contributed by atoms with van der Waals surface area (Å²) in [7, 11) is 0. The molecule has 2 saturated heterocycles. The second-order valence-electron chi connectivity index (χ2n) is 7.88. The van der Waals surface area contributed by atoms with Gasteiger partial charge in [-0.05, 0) is 55.1 Å². The van der Waals surface area contributed by atoms with Crippen LogP contribution in [0.1, 0.15) is 52.0 Å². The second kappa shape index (κ2) is 6.39. The molecule has 0 aliphatic carbocycles. The molecule has 2 aliphatic rings. The summed E-state index contributed by atoms with van der Waals surface area (Å²) < 4.78 is 0. The van der Waals surface area contributed by atoms with Crippen LogP contribution in [0.15, 0.2) is 24.3 Å². The predicted molar refractivity (Wildman–Crippen MR) is 99.3 cm³/mol. The number of hydrogen-bond donors (Lipinski definition) is 1. The Morgan fingerprint density at radius 1 is 1.13 bits per heavy atom. The zero-order valence-electron chi connectivity index (χ0n) is 14.6. The van der Waals surface area contributed by atoms with Gasteiger partial charge in [0.1, 0.15) is 0 Å². The fourth-order valence-electron chi connectivity index (χ4n) is 3.89. The SMILES string of the molecule is CSC1CC2CCC(C1)N2C(=O)Nc1ccc(C(C)(C)C)cc1. The number of fused-ring (bicyclic) bond motifs is 2. The summed E-state index contributed by atoms with van der Waals surface area (Å²) in [4.78, 5) is 14.8. The summed E-state index contributed by atoms with van der Waals surface area (Å²) in [5, 5.41) is 3.83. The van der Waals surface area contributed by atoms with Crippen LogP contribution in [0, 0.1) is 0 Å². The number of piperidine rings is 1. The van der Waals surface area contributed by atoms with E-state index in [4.69, 9.17) is 0 Å². The first kappa shape index (κ1) is 16.7. The van der Waals surface area contributed by atoms with E-state index in [1.54, 1.807) is 0 Å². The van der Waals surface area contributed by atoms with Gasteiger partial charge >= 0.3 is 6.03 Å². The summed E-state index contributed by atoms with van der Waals surface area (Å²) in [5.74, 6) is 0. The standard InChI is InChI=1S/C19H28N2OS/c1-19(2,3)13-5-7-14(8-6-13)20-18(22)21-15-9-10-16(21)12-17(11-15)23-4/h5-8,15-17H,9-12H2,1-4H3,(H,20,22). The molecule has 2 unspecified atom stereocenters. The molecular formula is C19H28N2OS. The van der Waals surface area contributed by atoms with Gasteiger partial charge in [-0.1, -0.05) is 32.9 Å². The number of nitrogens with zero attached hydrogens (tertiary/aromatic N) is 1. The normalized spacial score (nSPS) is 27.1. The van der Waals surface area contributed by atoms with Gasteiger partial charge in [0, 0.05) is 23.0 Å². The van der Waals surface area contributed by atoms with Crippen molar-refractivity contribution in [1.82, 2.24) is 4.90 Å². The maximum atomic E-state index is 12.7. The molecule has 3 rings (SSSR count). The molecule has 0 radical (unpaired) electrons. The molecule has 23 heavy (non-hydrogen) atoms. The van der Waals surface area contributed by atoms with Crippen molar-refractivity contribution in [2.45, 2.75) is 69.2 Å². The lowest BCUT2D eigenvalue weighted by Crippen LogP contribution is -2.49. The minimum Gasteiger partial charge on any atom is -0.318 e. The maximum Gasteiger partial charge on any atom is 0.322 e. The number of amides is 2. The van der Waals surface area contributed by atoms with E-state index in [-0.39, 0.29) is 11.4 Å². The summed E-state index contributed by atoms with van der Waals surface area (Å²) in [6.45, 7) is 6.61. The third kappa shape index (κ3) is 3.52. The van der Waals surface area contributed by atoms with Gasteiger partial charge in [0.25, 0.3) is 0 Å². The van der Waals surface area contributed by atoms with Crippen LogP contribution in [0.25, 0.3) is 0 Å². The third-order valence-corrected chi connectivity index (χ3v) is 6.31. The van der Waals surface area contributed by atoms with E-state index >= 15 is 0 Å². The Hall–Kier alpha value is -1.16. The van der Waals surface area contributed by atoms with Gasteiger partial charge in [-0.2, -0.15) is 11.8 Å². The molecule has 2 atom stereocenters. The quantitative estimate of drug-likeness (QED) is 0.837. The predicted octanol–water partition coefficient (Wildman–Crippen LogP) is 4.87. The molecule has 1 aromatic carbocycles. The van der Waals surface area contributed by atoms with Gasteiger partial charge in [-0.15, -0.1) is 0 Å². The van der Waals surface area contributed by atoms with E-state index in [9.17, 15) is 4.79 Å². The number of carbonyl (C=O) groups is 1. The van der Waals surface area contributed by atoms with Crippen molar-refractivity contribution < 1.29 is 4.79 Å². The van der Waals surface area contributed by atoms with Gasteiger partial charge in [0.2, 0.25) is 0 Å². The number of carbonyl (C=O) groups excluding carboxylic acids is 1. The van der Waals surface area contributed by atoms with E-state index in [0.29, 0.717) is 12.1 Å². The molecular weight excluding hydrogens is 304 g/mol. The number of rotatable bonds is 2. The van der Waals surface area contributed by atoms with Crippen LogP contribution in [0.2, 0.25) is 0 Å². The first-order chi connectivity index (χ1) is 10.9. The van der Waals surface area contributed by atoms with Crippen molar-refractivity contribution in [3.05, 3.63) is 29.8 Å². The molecule has 1 aromatic rings. The zero-order valence-corrected chi connectivity index (χ0v) is 15.5. The van der Waals surface area contributed by atoms with Crippen molar-refractivity contribution >= 4 is 23.5 Å². The van der Waals surface area contributed by atoms with Crippen LogP contribution in [0.3, 0.4) is 0 Å². The lowest BCUT2D eigenvalue weighted by molar-refractivity contribution is 0.161. The summed E-state index contributed by atoms with van der Waals surface area (Å²) in [5.41, 5.74) is 2.33. The molecule has 2 bridgehead atoms. The molecule has 2 amide bonds. The highest BCUT2D eigenvalue weighted by Gasteiger charge is 2.43. The zero-order chi connectivity index (χ0) is 16.6. The minimum absolute atomic E-state index is 0.0839. The van der Waals surface area contributed by atoms with E-state index in [2.05, 4.69) is 49.4 Å². The number of urea groups is 1. The molecule has 126 valence electrons. The first-order valence-electron chi connectivity index (χ1n) is 8.61. The highest BCUT2D eigenvalue weighted by Crippen LogP contribution is 2.39. The van der Waals surface area contributed by atoms with Gasteiger partial charge in [0.15, 0.2) is 0 Å². The molecule has 1 N–H and O–H groups in total. The average Bonchev–Trinajstić information content (AvgIpc) is 2.77. The Kier molecular flexibility index (Phi) is 4.63. The van der Waals surface area contributed by atoms with Crippen LogP contribution >= 0.6 is 11.8 Å². The highest BCUT2D eigenvalue weighted by atomic mass is 32.2. The Balaban J connectivity index is 1.66. The molecule has 0 saturated carbocycles. The maximum absolute atomic E-state index is 12.7. The lowest BCUT2D eigenvalue weighted by atomic mass is 9.87. The van der Waals surface area contributed by atoms with E-state index < -0.39 is 0 Å². The van der Waals surface area contributed by atoms with E-state index in [1.165, 1.54) is 5.56 Å². The Morgan fingerprint density at radius 3 is 2.17 bits per heavy atom. The molecule has 3 nitrogen and oxygen atoms in total. The first-order valence-corrected chi connectivity index (χ1v) is 9.90. The van der Waals surface area contributed by atoms with Crippen LogP contribution in [-0.4, -0.2) is 34.5 Å². The Bertz CT molecular complexity index is 550. The van der Waals surface area contributed by atoms with Crippen molar-refractivity contribution in [2.24, 2.45) is 0 Å². The van der Waals surface area contributed by atoms with Crippen LogP contribution in [0.4, 0.5) is 10.5 Å². The molecule has 2 aliphatic heterocycles. The largest absolute Gasteiger partial charge is 0.322 e. The molecule has 0 spiro atoms. The van der Waals surface area contributed by atoms with Crippen molar-refractivity contribution in [2.75, 3.05) is 11.6 Å². The molecule has 0 aromatic heterocycles. The fraction of sp³-hybridized carbons (Fsp3) is 0.632. The van der Waals surface area contributed by atoms with Crippen molar-refractivity contribution in [3.8, 4) is 0 Å². The third-order valence-electron chi connectivity index (χ3n) is 5.26. The molecule has 2 fully saturated rings. The van der Waals surface area contributed by atoms with E-state index in [1.807, 2.05) is 23.9 Å². The minimum atomic E-state index is 0.0839. The van der Waals surface area contributed by atoms with Crippen LogP contribution < -0.4 is 5.32 Å². The summed E-state index contributed by atoms with van der Waals surface area (Å²) in [6, 6.07) is 9.22.